The maximum atomic E-state index is 12.0. The predicted molar refractivity (Wildman–Crippen MR) is 84.3 cm³/mol. The first kappa shape index (κ1) is 15.5. The number of aromatic nitrogens is 3. The first-order valence-electron chi connectivity index (χ1n) is 6.97. The molecule has 0 aromatic carbocycles. The standard InChI is InChI=1S/C14H17ClN4O2S/c1-18-8-11(7-16-18)13-10-22(20,21)6-5-19(13)9-12-3-2-4-14(15)17-12/h2-4,7-8,13H,5-6,9-10H2,1H3. The Bertz CT molecular complexity index is 775. The van der Waals surface area contributed by atoms with Gasteiger partial charge in [-0.1, -0.05) is 17.7 Å². The van der Waals surface area contributed by atoms with Crippen LogP contribution in [0.25, 0.3) is 0 Å². The molecular formula is C14H17ClN4O2S. The minimum atomic E-state index is -3.03. The van der Waals surface area contributed by atoms with Crippen molar-refractivity contribution >= 4 is 21.4 Å². The fourth-order valence-electron chi connectivity index (χ4n) is 2.70. The van der Waals surface area contributed by atoms with Crippen molar-refractivity contribution in [3.05, 3.63) is 47.0 Å². The third-order valence-electron chi connectivity index (χ3n) is 3.79. The zero-order chi connectivity index (χ0) is 15.7. The molecule has 2 aromatic heterocycles. The van der Waals surface area contributed by atoms with E-state index < -0.39 is 9.84 Å². The highest BCUT2D eigenvalue weighted by molar-refractivity contribution is 7.91. The predicted octanol–water partition coefficient (Wildman–Crippen LogP) is 1.44. The molecule has 22 heavy (non-hydrogen) atoms. The van der Waals surface area contributed by atoms with Crippen molar-refractivity contribution in [2.75, 3.05) is 18.1 Å². The van der Waals surface area contributed by atoms with E-state index in [1.807, 2.05) is 25.4 Å². The maximum absolute atomic E-state index is 12.0. The third-order valence-corrected chi connectivity index (χ3v) is 5.63. The average molecular weight is 341 g/mol. The summed E-state index contributed by atoms with van der Waals surface area (Å²) in [5.41, 5.74) is 1.74. The molecule has 0 saturated carbocycles. The first-order chi connectivity index (χ1) is 10.4. The van der Waals surface area contributed by atoms with Crippen LogP contribution in [-0.4, -0.2) is 46.1 Å². The van der Waals surface area contributed by atoms with Gasteiger partial charge < -0.3 is 0 Å². The second kappa shape index (κ2) is 5.98. The number of nitrogens with zero attached hydrogens (tertiary/aromatic N) is 4. The van der Waals surface area contributed by atoms with Gasteiger partial charge in [-0.05, 0) is 12.1 Å². The van der Waals surface area contributed by atoms with Crippen molar-refractivity contribution in [3.63, 3.8) is 0 Å². The van der Waals surface area contributed by atoms with Gasteiger partial charge in [0, 0.05) is 31.9 Å². The normalized spacial score (nSPS) is 21.8. The molecule has 0 aliphatic carbocycles. The van der Waals surface area contributed by atoms with Crippen LogP contribution in [0.4, 0.5) is 0 Å². The molecule has 1 saturated heterocycles. The van der Waals surface area contributed by atoms with E-state index in [9.17, 15) is 8.42 Å². The van der Waals surface area contributed by atoms with Gasteiger partial charge in [0.25, 0.3) is 0 Å². The lowest BCUT2D eigenvalue weighted by molar-refractivity contribution is 0.204. The van der Waals surface area contributed by atoms with Gasteiger partial charge in [-0.3, -0.25) is 9.58 Å². The molecule has 1 aliphatic rings. The first-order valence-corrected chi connectivity index (χ1v) is 9.17. The van der Waals surface area contributed by atoms with Gasteiger partial charge in [0.2, 0.25) is 0 Å². The highest BCUT2D eigenvalue weighted by Gasteiger charge is 2.33. The molecular weight excluding hydrogens is 324 g/mol. The van der Waals surface area contributed by atoms with E-state index in [-0.39, 0.29) is 17.5 Å². The van der Waals surface area contributed by atoms with Crippen molar-refractivity contribution < 1.29 is 8.42 Å². The van der Waals surface area contributed by atoms with Crippen molar-refractivity contribution in [1.29, 1.82) is 0 Å². The van der Waals surface area contributed by atoms with Crippen LogP contribution in [-0.2, 0) is 23.4 Å². The molecule has 6 nitrogen and oxygen atoms in total. The smallest absolute Gasteiger partial charge is 0.153 e. The highest BCUT2D eigenvalue weighted by Crippen LogP contribution is 2.27. The molecule has 0 bridgehead atoms. The summed E-state index contributed by atoms with van der Waals surface area (Å²) in [5.74, 6) is 0.281. The van der Waals surface area contributed by atoms with E-state index >= 15 is 0 Å². The molecule has 118 valence electrons. The summed E-state index contributed by atoms with van der Waals surface area (Å²) in [4.78, 5) is 6.41. The lowest BCUT2D eigenvalue weighted by Crippen LogP contribution is -2.42. The van der Waals surface area contributed by atoms with Gasteiger partial charge in [0.1, 0.15) is 5.15 Å². The lowest BCUT2D eigenvalue weighted by atomic mass is 10.1. The van der Waals surface area contributed by atoms with Crippen LogP contribution in [0, 0.1) is 0 Å². The molecule has 0 spiro atoms. The van der Waals surface area contributed by atoms with Gasteiger partial charge in [-0.25, -0.2) is 13.4 Å². The summed E-state index contributed by atoms with van der Waals surface area (Å²) in [7, 11) is -1.21. The highest BCUT2D eigenvalue weighted by atomic mass is 35.5. The number of rotatable bonds is 3. The number of halogens is 1. The summed E-state index contributed by atoms with van der Waals surface area (Å²) < 4.78 is 25.7. The molecule has 8 heteroatoms. The second-order valence-electron chi connectivity index (χ2n) is 5.50. The maximum Gasteiger partial charge on any atom is 0.153 e. The Balaban J connectivity index is 1.87. The van der Waals surface area contributed by atoms with Crippen LogP contribution in [0.3, 0.4) is 0 Å². The minimum absolute atomic E-state index is 0.110. The Labute approximate surface area is 134 Å². The van der Waals surface area contributed by atoms with E-state index in [0.29, 0.717) is 18.2 Å². The molecule has 0 amide bonds. The van der Waals surface area contributed by atoms with Crippen LogP contribution in [0.15, 0.2) is 30.6 Å². The van der Waals surface area contributed by atoms with Crippen LogP contribution >= 0.6 is 11.6 Å². The van der Waals surface area contributed by atoms with Crippen LogP contribution in [0.1, 0.15) is 17.3 Å². The summed E-state index contributed by atoms with van der Waals surface area (Å²) >= 11 is 5.93. The van der Waals surface area contributed by atoms with Crippen molar-refractivity contribution in [2.45, 2.75) is 12.6 Å². The number of hydrogen-bond donors (Lipinski definition) is 0. The largest absolute Gasteiger partial charge is 0.288 e. The fourth-order valence-corrected chi connectivity index (χ4v) is 4.44. The molecule has 1 atom stereocenters. The number of pyridine rings is 1. The summed E-state index contributed by atoms with van der Waals surface area (Å²) in [5, 5.41) is 4.60. The van der Waals surface area contributed by atoms with E-state index in [1.165, 1.54) is 0 Å². The molecule has 1 unspecified atom stereocenters. The molecule has 0 radical (unpaired) electrons. The van der Waals surface area contributed by atoms with Gasteiger partial charge in [-0.2, -0.15) is 5.10 Å². The fraction of sp³-hybridized carbons (Fsp3) is 0.429. The van der Waals surface area contributed by atoms with Crippen molar-refractivity contribution in [2.24, 2.45) is 7.05 Å². The molecule has 1 fully saturated rings. The zero-order valence-electron chi connectivity index (χ0n) is 12.2. The van der Waals surface area contributed by atoms with Crippen molar-refractivity contribution in [1.82, 2.24) is 19.7 Å². The van der Waals surface area contributed by atoms with Crippen LogP contribution < -0.4 is 0 Å². The summed E-state index contributed by atoms with van der Waals surface area (Å²) in [6.07, 6.45) is 3.59. The number of aryl methyl sites for hydroxylation is 1. The summed E-state index contributed by atoms with van der Waals surface area (Å²) in [6.45, 7) is 1.05. The van der Waals surface area contributed by atoms with E-state index in [0.717, 1.165) is 11.3 Å². The van der Waals surface area contributed by atoms with Crippen LogP contribution in [0.5, 0.6) is 0 Å². The summed E-state index contributed by atoms with van der Waals surface area (Å²) in [6, 6.07) is 5.28. The average Bonchev–Trinajstić information content (AvgIpc) is 2.87. The van der Waals surface area contributed by atoms with Crippen LogP contribution in [0.2, 0.25) is 5.15 Å². The Kier molecular flexibility index (Phi) is 4.20. The van der Waals surface area contributed by atoms with E-state index in [4.69, 9.17) is 11.6 Å². The number of sulfone groups is 1. The Morgan fingerprint density at radius 3 is 2.91 bits per heavy atom. The van der Waals surface area contributed by atoms with Gasteiger partial charge in [-0.15, -0.1) is 0 Å². The zero-order valence-corrected chi connectivity index (χ0v) is 13.8. The second-order valence-corrected chi connectivity index (χ2v) is 8.12. The number of hydrogen-bond acceptors (Lipinski definition) is 5. The minimum Gasteiger partial charge on any atom is -0.288 e. The van der Waals surface area contributed by atoms with E-state index in [1.54, 1.807) is 16.9 Å². The van der Waals surface area contributed by atoms with E-state index in [2.05, 4.69) is 15.0 Å². The third kappa shape index (κ3) is 3.48. The molecule has 3 rings (SSSR count). The van der Waals surface area contributed by atoms with Gasteiger partial charge in [0.05, 0.1) is 29.4 Å². The van der Waals surface area contributed by atoms with Gasteiger partial charge in [0.15, 0.2) is 9.84 Å². The topological polar surface area (TPSA) is 68.1 Å². The molecule has 0 N–H and O–H groups in total. The van der Waals surface area contributed by atoms with Gasteiger partial charge >= 0.3 is 0 Å². The Morgan fingerprint density at radius 2 is 2.23 bits per heavy atom. The molecule has 2 aromatic rings. The Morgan fingerprint density at radius 1 is 1.41 bits per heavy atom. The quantitative estimate of drug-likeness (QED) is 0.791. The van der Waals surface area contributed by atoms with Crippen molar-refractivity contribution in [3.8, 4) is 0 Å². The lowest BCUT2D eigenvalue weighted by Gasteiger charge is -2.34. The molecule has 1 aliphatic heterocycles. The SMILES string of the molecule is Cn1cc(C2CS(=O)(=O)CCN2Cc2cccc(Cl)n2)cn1. The monoisotopic (exact) mass is 340 g/mol. The Hall–Kier alpha value is -1.44. The molecule has 3 heterocycles.